The van der Waals surface area contributed by atoms with E-state index in [4.69, 9.17) is 17.3 Å². The lowest BCUT2D eigenvalue weighted by atomic mass is 9.98. The summed E-state index contributed by atoms with van der Waals surface area (Å²) in [7, 11) is 0. The highest BCUT2D eigenvalue weighted by Gasteiger charge is 2.23. The second kappa shape index (κ2) is 6.31. The maximum Gasteiger partial charge on any atom is 0.250 e. The number of nitrogens with zero attached hydrogens (tertiary/aromatic N) is 5. The van der Waals surface area contributed by atoms with E-state index in [1.807, 2.05) is 4.68 Å². The first-order valence-electron chi connectivity index (χ1n) is 7.16. The lowest BCUT2D eigenvalue weighted by Crippen LogP contribution is -2.38. The average Bonchev–Trinajstić information content (AvgIpc) is 3.00. The van der Waals surface area contributed by atoms with Crippen molar-refractivity contribution < 1.29 is 4.79 Å². The highest BCUT2D eigenvalue weighted by atomic mass is 35.5. The number of piperidine rings is 1. The Morgan fingerprint density at radius 1 is 1.50 bits per heavy atom. The van der Waals surface area contributed by atoms with Crippen molar-refractivity contribution in [3.63, 3.8) is 0 Å². The lowest BCUT2D eigenvalue weighted by Gasteiger charge is -2.34. The molecule has 0 saturated carbocycles. The summed E-state index contributed by atoms with van der Waals surface area (Å²) in [6.07, 6.45) is 6.94. The van der Waals surface area contributed by atoms with E-state index in [1.54, 1.807) is 18.7 Å². The van der Waals surface area contributed by atoms with Crippen LogP contribution in [0.2, 0.25) is 5.02 Å². The van der Waals surface area contributed by atoms with Gasteiger partial charge < -0.3 is 10.6 Å². The van der Waals surface area contributed by atoms with Crippen molar-refractivity contribution in [2.45, 2.75) is 19.4 Å². The minimum absolute atomic E-state index is 0.324. The Balaban J connectivity index is 1.73. The van der Waals surface area contributed by atoms with Gasteiger partial charge in [-0.25, -0.2) is 9.97 Å². The predicted molar refractivity (Wildman–Crippen MR) is 82.7 cm³/mol. The van der Waals surface area contributed by atoms with Crippen molar-refractivity contribution >= 4 is 23.3 Å². The molecule has 0 spiro atoms. The summed E-state index contributed by atoms with van der Waals surface area (Å²) in [5.41, 5.74) is 5.57. The molecule has 1 aliphatic heterocycles. The molecule has 2 aromatic rings. The smallest absolute Gasteiger partial charge is 0.250 e. The normalized spacial score (nSPS) is 18.4. The summed E-state index contributed by atoms with van der Waals surface area (Å²) in [5.74, 6) is 0.641. The molecule has 2 aromatic heterocycles. The molecule has 0 aromatic carbocycles. The van der Waals surface area contributed by atoms with Gasteiger partial charge in [-0.3, -0.25) is 9.48 Å². The summed E-state index contributed by atoms with van der Waals surface area (Å²) in [6.45, 7) is 2.58. The molecule has 8 heteroatoms. The molecular formula is C14H17ClN6O. The Morgan fingerprint density at radius 2 is 2.36 bits per heavy atom. The van der Waals surface area contributed by atoms with E-state index < -0.39 is 5.91 Å². The highest BCUT2D eigenvalue weighted by molar-refractivity contribution is 6.33. The molecule has 22 heavy (non-hydrogen) atoms. The van der Waals surface area contributed by atoms with Crippen LogP contribution in [0.3, 0.4) is 0 Å². The summed E-state index contributed by atoms with van der Waals surface area (Å²) in [6, 6.07) is 1.58. The molecule has 1 unspecified atom stereocenters. The molecule has 1 fully saturated rings. The van der Waals surface area contributed by atoms with Crippen molar-refractivity contribution in [2.24, 2.45) is 11.7 Å². The Kier molecular flexibility index (Phi) is 4.24. The zero-order valence-electron chi connectivity index (χ0n) is 12.0. The molecule has 0 aliphatic carbocycles. The fourth-order valence-corrected chi connectivity index (χ4v) is 3.08. The zero-order valence-corrected chi connectivity index (χ0v) is 12.8. The van der Waals surface area contributed by atoms with Crippen LogP contribution in [0, 0.1) is 5.92 Å². The predicted octanol–water partition coefficient (Wildman–Crippen LogP) is 1.34. The number of pyridine rings is 1. The topological polar surface area (TPSA) is 89.9 Å². The van der Waals surface area contributed by atoms with Gasteiger partial charge in [-0.2, -0.15) is 5.10 Å². The van der Waals surface area contributed by atoms with Gasteiger partial charge in [0.15, 0.2) is 0 Å². The number of hydrogen-bond donors (Lipinski definition) is 1. The van der Waals surface area contributed by atoms with E-state index in [9.17, 15) is 4.79 Å². The monoisotopic (exact) mass is 320 g/mol. The summed E-state index contributed by atoms with van der Waals surface area (Å²) in [4.78, 5) is 21.6. The van der Waals surface area contributed by atoms with E-state index in [0.717, 1.165) is 32.5 Å². The van der Waals surface area contributed by atoms with Gasteiger partial charge in [0, 0.05) is 25.8 Å². The first-order chi connectivity index (χ1) is 10.6. The molecule has 1 amide bonds. The third kappa shape index (κ3) is 3.19. The molecule has 1 aliphatic rings. The van der Waals surface area contributed by atoms with Crippen LogP contribution >= 0.6 is 11.6 Å². The van der Waals surface area contributed by atoms with Crippen LogP contribution in [0.25, 0.3) is 0 Å². The second-order valence-corrected chi connectivity index (χ2v) is 5.87. The van der Waals surface area contributed by atoms with Gasteiger partial charge in [0.25, 0.3) is 0 Å². The van der Waals surface area contributed by atoms with Crippen molar-refractivity contribution in [1.82, 2.24) is 19.7 Å². The van der Waals surface area contributed by atoms with Crippen LogP contribution in [-0.4, -0.2) is 38.7 Å². The van der Waals surface area contributed by atoms with Crippen molar-refractivity contribution in [3.8, 4) is 0 Å². The van der Waals surface area contributed by atoms with Gasteiger partial charge in [-0.05, 0) is 24.8 Å². The molecule has 7 nitrogen and oxygen atoms in total. The molecular weight excluding hydrogens is 304 g/mol. The standard InChI is InChI=1S/C14H17ClN6O/c15-12-4-11(13(16)22)5-18-14(12)20-3-1-2-10(6-20)7-21-9-17-8-19-21/h4-5,8-10H,1-3,6-7H2,(H2,16,22). The molecule has 3 rings (SSSR count). The van der Waals surface area contributed by atoms with Crippen molar-refractivity contribution in [2.75, 3.05) is 18.0 Å². The number of hydrogen-bond acceptors (Lipinski definition) is 5. The van der Waals surface area contributed by atoms with Gasteiger partial charge in [-0.1, -0.05) is 11.6 Å². The number of carbonyl (C=O) groups excluding carboxylic acids is 1. The largest absolute Gasteiger partial charge is 0.366 e. The van der Waals surface area contributed by atoms with Crippen LogP contribution in [0.5, 0.6) is 0 Å². The Labute approximate surface area is 133 Å². The van der Waals surface area contributed by atoms with Crippen molar-refractivity contribution in [3.05, 3.63) is 35.5 Å². The molecule has 2 N–H and O–H groups in total. The minimum atomic E-state index is -0.524. The SMILES string of the molecule is NC(=O)c1cnc(N2CCCC(Cn3cncn3)C2)c(Cl)c1. The van der Waals surface area contributed by atoms with E-state index in [-0.39, 0.29) is 0 Å². The number of primary amides is 1. The van der Waals surface area contributed by atoms with E-state index in [1.165, 1.54) is 6.20 Å². The van der Waals surface area contributed by atoms with E-state index in [2.05, 4.69) is 20.0 Å². The number of anilines is 1. The fraction of sp³-hybridized carbons (Fsp3) is 0.429. The third-order valence-corrected chi connectivity index (χ3v) is 4.11. The number of amides is 1. The molecule has 3 heterocycles. The number of nitrogens with two attached hydrogens (primary N) is 1. The van der Waals surface area contributed by atoms with Gasteiger partial charge in [0.1, 0.15) is 18.5 Å². The second-order valence-electron chi connectivity index (χ2n) is 5.47. The Bertz CT molecular complexity index is 659. The minimum Gasteiger partial charge on any atom is -0.366 e. The third-order valence-electron chi connectivity index (χ3n) is 3.84. The molecule has 1 atom stereocenters. The highest BCUT2D eigenvalue weighted by Crippen LogP contribution is 2.28. The quantitative estimate of drug-likeness (QED) is 0.918. The average molecular weight is 321 g/mol. The maximum absolute atomic E-state index is 11.2. The Hall–Kier alpha value is -2.15. The fourth-order valence-electron chi connectivity index (χ4n) is 2.80. The molecule has 0 radical (unpaired) electrons. The number of rotatable bonds is 4. The van der Waals surface area contributed by atoms with Gasteiger partial charge >= 0.3 is 0 Å². The van der Waals surface area contributed by atoms with E-state index >= 15 is 0 Å². The van der Waals surface area contributed by atoms with Gasteiger partial charge in [0.2, 0.25) is 5.91 Å². The molecule has 0 bridgehead atoms. The van der Waals surface area contributed by atoms with Crippen LogP contribution in [0.4, 0.5) is 5.82 Å². The van der Waals surface area contributed by atoms with Crippen LogP contribution in [0.1, 0.15) is 23.2 Å². The van der Waals surface area contributed by atoms with Crippen LogP contribution in [-0.2, 0) is 6.54 Å². The zero-order chi connectivity index (χ0) is 15.5. The van der Waals surface area contributed by atoms with Gasteiger partial charge in [-0.15, -0.1) is 0 Å². The summed E-state index contributed by atoms with van der Waals surface area (Å²) >= 11 is 6.26. The lowest BCUT2D eigenvalue weighted by molar-refractivity contribution is 0.1000. The summed E-state index contributed by atoms with van der Waals surface area (Å²) in [5, 5.41) is 4.61. The Morgan fingerprint density at radius 3 is 3.05 bits per heavy atom. The van der Waals surface area contributed by atoms with Crippen LogP contribution in [0.15, 0.2) is 24.9 Å². The van der Waals surface area contributed by atoms with Crippen molar-refractivity contribution in [1.29, 1.82) is 0 Å². The maximum atomic E-state index is 11.2. The van der Waals surface area contributed by atoms with Crippen LogP contribution < -0.4 is 10.6 Å². The molecule has 116 valence electrons. The molecule has 1 saturated heterocycles. The first kappa shape index (κ1) is 14.8. The van der Waals surface area contributed by atoms with Gasteiger partial charge in [0.05, 0.1) is 10.6 Å². The first-order valence-corrected chi connectivity index (χ1v) is 7.54. The van der Waals surface area contributed by atoms with E-state index in [0.29, 0.717) is 22.3 Å². The number of halogens is 1. The number of aromatic nitrogens is 4. The summed E-state index contributed by atoms with van der Waals surface area (Å²) < 4.78 is 1.85. The number of carbonyl (C=O) groups is 1.